The van der Waals surface area contributed by atoms with Crippen molar-refractivity contribution < 1.29 is 0 Å². The molecule has 2 aromatic rings. The van der Waals surface area contributed by atoms with Crippen molar-refractivity contribution in [1.82, 2.24) is 9.97 Å². The molecule has 0 aliphatic carbocycles. The van der Waals surface area contributed by atoms with Gasteiger partial charge in [0.1, 0.15) is 18.0 Å². The van der Waals surface area contributed by atoms with Gasteiger partial charge in [-0.15, -0.1) is 0 Å². The number of hydrogen-bond donors (Lipinski definition) is 2. The maximum absolute atomic E-state index is 4.29. The van der Waals surface area contributed by atoms with Gasteiger partial charge < -0.3 is 15.5 Å². The monoisotopic (exact) mass is 313 g/mol. The minimum atomic E-state index is 0.395. The van der Waals surface area contributed by atoms with Crippen LogP contribution in [0.3, 0.4) is 0 Å². The normalized spacial score (nSPS) is 11.8. The van der Waals surface area contributed by atoms with E-state index in [0.717, 1.165) is 36.8 Å². The molecule has 5 heteroatoms. The minimum absolute atomic E-state index is 0.395. The molecule has 1 unspecified atom stereocenters. The van der Waals surface area contributed by atoms with E-state index in [-0.39, 0.29) is 0 Å². The molecule has 0 aliphatic rings. The third-order valence-corrected chi connectivity index (χ3v) is 3.94. The van der Waals surface area contributed by atoms with Crippen molar-refractivity contribution in [2.24, 2.45) is 0 Å². The van der Waals surface area contributed by atoms with Crippen LogP contribution in [0.2, 0.25) is 0 Å². The van der Waals surface area contributed by atoms with Gasteiger partial charge in [0.25, 0.3) is 0 Å². The molecule has 0 radical (unpaired) electrons. The fourth-order valence-electron chi connectivity index (χ4n) is 2.35. The first-order valence-corrected chi connectivity index (χ1v) is 8.36. The van der Waals surface area contributed by atoms with Crippen LogP contribution >= 0.6 is 0 Å². The van der Waals surface area contributed by atoms with Crippen LogP contribution in [0.4, 0.5) is 23.0 Å². The Labute approximate surface area is 139 Å². The lowest BCUT2D eigenvalue weighted by Gasteiger charge is -2.21. The van der Waals surface area contributed by atoms with E-state index in [1.165, 1.54) is 5.69 Å². The molecular weight excluding hydrogens is 286 g/mol. The Hall–Kier alpha value is -2.30. The Balaban J connectivity index is 2.05. The second kappa shape index (κ2) is 8.36. The second-order valence-corrected chi connectivity index (χ2v) is 5.59. The number of hydrogen-bond acceptors (Lipinski definition) is 5. The third kappa shape index (κ3) is 4.84. The molecule has 5 nitrogen and oxygen atoms in total. The SMILES string of the molecule is CCC(C)Nc1cc(Nc2ccc(N(CC)CC)cc2)ncn1. The lowest BCUT2D eigenvalue weighted by Crippen LogP contribution is -2.21. The van der Waals surface area contributed by atoms with Crippen molar-refractivity contribution in [2.75, 3.05) is 28.6 Å². The molecule has 1 heterocycles. The van der Waals surface area contributed by atoms with E-state index in [1.54, 1.807) is 6.33 Å². The van der Waals surface area contributed by atoms with Gasteiger partial charge in [0.15, 0.2) is 0 Å². The van der Waals surface area contributed by atoms with Crippen LogP contribution in [0.1, 0.15) is 34.1 Å². The molecule has 124 valence electrons. The van der Waals surface area contributed by atoms with Gasteiger partial charge in [0.2, 0.25) is 0 Å². The topological polar surface area (TPSA) is 53.1 Å². The zero-order chi connectivity index (χ0) is 16.7. The molecule has 23 heavy (non-hydrogen) atoms. The van der Waals surface area contributed by atoms with E-state index in [2.05, 4.69) is 77.5 Å². The highest BCUT2D eigenvalue weighted by Crippen LogP contribution is 2.21. The first kappa shape index (κ1) is 17.1. The van der Waals surface area contributed by atoms with Crippen molar-refractivity contribution in [3.05, 3.63) is 36.7 Å². The Morgan fingerprint density at radius 3 is 2.26 bits per heavy atom. The van der Waals surface area contributed by atoms with Gasteiger partial charge in [-0.1, -0.05) is 6.92 Å². The van der Waals surface area contributed by atoms with Crippen molar-refractivity contribution >= 4 is 23.0 Å². The number of aromatic nitrogens is 2. The van der Waals surface area contributed by atoms with Crippen molar-refractivity contribution in [3.63, 3.8) is 0 Å². The number of benzene rings is 1. The Morgan fingerprint density at radius 2 is 1.65 bits per heavy atom. The van der Waals surface area contributed by atoms with E-state index in [4.69, 9.17) is 0 Å². The molecule has 1 aromatic carbocycles. The van der Waals surface area contributed by atoms with Crippen molar-refractivity contribution in [2.45, 2.75) is 40.2 Å². The molecule has 0 spiro atoms. The summed E-state index contributed by atoms with van der Waals surface area (Å²) in [5.41, 5.74) is 2.26. The smallest absolute Gasteiger partial charge is 0.135 e. The average Bonchev–Trinajstić information content (AvgIpc) is 2.57. The van der Waals surface area contributed by atoms with Crippen LogP contribution in [0.15, 0.2) is 36.7 Å². The molecule has 1 aromatic heterocycles. The molecular formula is C18H27N5. The van der Waals surface area contributed by atoms with E-state index < -0.39 is 0 Å². The summed E-state index contributed by atoms with van der Waals surface area (Å²) in [5, 5.41) is 6.69. The summed E-state index contributed by atoms with van der Waals surface area (Å²) in [6.45, 7) is 10.7. The highest BCUT2D eigenvalue weighted by molar-refractivity contribution is 5.62. The predicted octanol–water partition coefficient (Wildman–Crippen LogP) is 4.28. The van der Waals surface area contributed by atoms with Crippen molar-refractivity contribution in [1.29, 1.82) is 0 Å². The molecule has 0 saturated carbocycles. The lowest BCUT2D eigenvalue weighted by molar-refractivity contribution is 0.758. The van der Waals surface area contributed by atoms with Crippen LogP contribution in [-0.4, -0.2) is 29.1 Å². The van der Waals surface area contributed by atoms with Crippen LogP contribution in [0, 0.1) is 0 Å². The Bertz CT molecular complexity index is 593. The van der Waals surface area contributed by atoms with Crippen LogP contribution in [-0.2, 0) is 0 Å². The Kier molecular flexibility index (Phi) is 6.20. The molecule has 2 rings (SSSR count). The number of rotatable bonds is 8. The Morgan fingerprint density at radius 1 is 1.00 bits per heavy atom. The summed E-state index contributed by atoms with van der Waals surface area (Å²) in [6, 6.07) is 10.8. The number of nitrogens with zero attached hydrogens (tertiary/aromatic N) is 3. The number of anilines is 4. The largest absolute Gasteiger partial charge is 0.372 e. The summed E-state index contributed by atoms with van der Waals surface area (Å²) in [6.07, 6.45) is 2.64. The number of nitrogens with one attached hydrogen (secondary N) is 2. The fraction of sp³-hybridized carbons (Fsp3) is 0.444. The molecule has 0 fully saturated rings. The predicted molar refractivity (Wildman–Crippen MR) is 98.7 cm³/mol. The quantitative estimate of drug-likeness (QED) is 0.762. The van der Waals surface area contributed by atoms with E-state index >= 15 is 0 Å². The van der Waals surface area contributed by atoms with Gasteiger partial charge >= 0.3 is 0 Å². The summed E-state index contributed by atoms with van der Waals surface area (Å²) < 4.78 is 0. The van der Waals surface area contributed by atoms with Crippen molar-refractivity contribution in [3.8, 4) is 0 Å². The summed E-state index contributed by atoms with van der Waals surface area (Å²) in [4.78, 5) is 10.9. The summed E-state index contributed by atoms with van der Waals surface area (Å²) >= 11 is 0. The van der Waals surface area contributed by atoms with Gasteiger partial charge in [-0.25, -0.2) is 9.97 Å². The highest BCUT2D eigenvalue weighted by Gasteiger charge is 2.04. The maximum atomic E-state index is 4.29. The van der Waals surface area contributed by atoms with Gasteiger partial charge in [0, 0.05) is 36.6 Å². The van der Waals surface area contributed by atoms with Crippen LogP contribution in [0.25, 0.3) is 0 Å². The second-order valence-electron chi connectivity index (χ2n) is 5.59. The van der Waals surface area contributed by atoms with Crippen LogP contribution in [0.5, 0.6) is 0 Å². The zero-order valence-electron chi connectivity index (χ0n) is 14.5. The standard InChI is InChI=1S/C18H27N5/c1-5-14(4)21-17-12-18(20-13-19-17)22-15-8-10-16(11-9-15)23(6-2)7-3/h8-14H,5-7H2,1-4H3,(H2,19,20,21,22). The van der Waals surface area contributed by atoms with Gasteiger partial charge in [-0.3, -0.25) is 0 Å². The zero-order valence-corrected chi connectivity index (χ0v) is 14.5. The first-order valence-electron chi connectivity index (χ1n) is 8.36. The third-order valence-electron chi connectivity index (χ3n) is 3.94. The van der Waals surface area contributed by atoms with E-state index in [9.17, 15) is 0 Å². The molecule has 0 amide bonds. The van der Waals surface area contributed by atoms with E-state index in [0.29, 0.717) is 6.04 Å². The average molecular weight is 313 g/mol. The first-order chi connectivity index (χ1) is 11.2. The summed E-state index contributed by atoms with van der Waals surface area (Å²) in [7, 11) is 0. The fourth-order valence-corrected chi connectivity index (χ4v) is 2.35. The van der Waals surface area contributed by atoms with Gasteiger partial charge in [0.05, 0.1) is 0 Å². The molecule has 1 atom stereocenters. The van der Waals surface area contributed by atoms with Gasteiger partial charge in [-0.05, 0) is 51.5 Å². The molecule has 2 N–H and O–H groups in total. The van der Waals surface area contributed by atoms with E-state index in [1.807, 2.05) is 6.07 Å². The maximum Gasteiger partial charge on any atom is 0.135 e. The minimum Gasteiger partial charge on any atom is -0.372 e. The highest BCUT2D eigenvalue weighted by atomic mass is 15.1. The lowest BCUT2D eigenvalue weighted by atomic mass is 10.2. The van der Waals surface area contributed by atoms with Gasteiger partial charge in [-0.2, -0.15) is 0 Å². The summed E-state index contributed by atoms with van der Waals surface area (Å²) in [5.74, 6) is 1.64. The molecule has 0 aliphatic heterocycles. The van der Waals surface area contributed by atoms with Crippen LogP contribution < -0.4 is 15.5 Å². The molecule has 0 saturated heterocycles. The molecule has 0 bridgehead atoms.